The summed E-state index contributed by atoms with van der Waals surface area (Å²) in [6.07, 6.45) is 1.38. The van der Waals surface area contributed by atoms with E-state index in [2.05, 4.69) is 10.2 Å². The number of amides is 1. The fourth-order valence-electron chi connectivity index (χ4n) is 2.44. The summed E-state index contributed by atoms with van der Waals surface area (Å²) in [7, 11) is 5.02. The quantitative estimate of drug-likeness (QED) is 0.635. The molecular formula is C17H21ClN4O3. The van der Waals surface area contributed by atoms with E-state index in [1.54, 1.807) is 17.0 Å². The number of carbonyl (C=O) groups excluding carboxylic acids is 1. The standard InChI is InChI=1S/C17H21ClN4O3/c1-21-4-6-22(7-5-21)17(23)12(10-19)11-20-14-9-15(24-2)13(18)8-16(14)25-3/h8-9,11,20H,4-7H2,1-3H3/b12-11-. The van der Waals surface area contributed by atoms with Crippen LogP contribution in [0.5, 0.6) is 11.5 Å². The number of hydrogen-bond donors (Lipinski definition) is 1. The van der Waals surface area contributed by atoms with Crippen molar-refractivity contribution < 1.29 is 14.3 Å². The fraction of sp³-hybridized carbons (Fsp3) is 0.412. The molecule has 0 spiro atoms. The van der Waals surface area contributed by atoms with Crippen LogP contribution in [0, 0.1) is 11.3 Å². The molecular weight excluding hydrogens is 344 g/mol. The summed E-state index contributed by atoms with van der Waals surface area (Å²) in [5.41, 5.74) is 0.572. The molecule has 1 amide bonds. The Balaban J connectivity index is 2.18. The summed E-state index contributed by atoms with van der Waals surface area (Å²) >= 11 is 6.07. The second-order valence-corrected chi connectivity index (χ2v) is 6.00. The van der Waals surface area contributed by atoms with Gasteiger partial charge in [0.05, 0.1) is 24.9 Å². The Morgan fingerprint density at radius 1 is 1.24 bits per heavy atom. The third kappa shape index (κ3) is 4.56. The zero-order valence-corrected chi connectivity index (χ0v) is 15.3. The van der Waals surface area contributed by atoms with Gasteiger partial charge in [-0.3, -0.25) is 4.79 Å². The largest absolute Gasteiger partial charge is 0.495 e. The smallest absolute Gasteiger partial charge is 0.266 e. The Morgan fingerprint density at radius 3 is 2.44 bits per heavy atom. The molecule has 0 radical (unpaired) electrons. The van der Waals surface area contributed by atoms with Gasteiger partial charge in [-0.05, 0) is 7.05 Å². The number of benzene rings is 1. The summed E-state index contributed by atoms with van der Waals surface area (Å²) in [5.74, 6) is 0.650. The Bertz CT molecular complexity index is 707. The van der Waals surface area contributed by atoms with Crippen molar-refractivity contribution in [2.75, 3.05) is 52.8 Å². The number of anilines is 1. The number of carbonyl (C=O) groups is 1. The van der Waals surface area contributed by atoms with E-state index in [1.807, 2.05) is 13.1 Å². The lowest BCUT2D eigenvalue weighted by Gasteiger charge is -2.32. The summed E-state index contributed by atoms with van der Waals surface area (Å²) < 4.78 is 10.4. The predicted molar refractivity (Wildman–Crippen MR) is 96.0 cm³/mol. The Kier molecular flexibility index (Phi) is 6.51. The van der Waals surface area contributed by atoms with Crippen molar-refractivity contribution in [3.63, 3.8) is 0 Å². The molecule has 0 bridgehead atoms. The van der Waals surface area contributed by atoms with Crippen LogP contribution in [0.1, 0.15) is 0 Å². The highest BCUT2D eigenvalue weighted by atomic mass is 35.5. The van der Waals surface area contributed by atoms with Crippen LogP contribution in [0.15, 0.2) is 23.9 Å². The number of hydrogen-bond acceptors (Lipinski definition) is 6. The van der Waals surface area contributed by atoms with Gasteiger partial charge in [-0.15, -0.1) is 0 Å². The Hall–Kier alpha value is -2.43. The van der Waals surface area contributed by atoms with Crippen LogP contribution >= 0.6 is 11.6 Å². The maximum absolute atomic E-state index is 12.5. The van der Waals surface area contributed by atoms with Gasteiger partial charge in [-0.2, -0.15) is 5.26 Å². The predicted octanol–water partition coefficient (Wildman–Crippen LogP) is 1.95. The highest BCUT2D eigenvalue weighted by molar-refractivity contribution is 6.32. The first-order valence-corrected chi connectivity index (χ1v) is 8.14. The van der Waals surface area contributed by atoms with E-state index in [0.717, 1.165) is 13.1 Å². The lowest BCUT2D eigenvalue weighted by atomic mass is 10.2. The fourth-order valence-corrected chi connectivity index (χ4v) is 2.68. The molecule has 0 saturated carbocycles. The van der Waals surface area contributed by atoms with Crippen molar-refractivity contribution in [3.05, 3.63) is 28.9 Å². The molecule has 8 heteroatoms. The third-order valence-corrected chi connectivity index (χ3v) is 4.28. The Labute approximate surface area is 152 Å². The highest BCUT2D eigenvalue weighted by Crippen LogP contribution is 2.35. The van der Waals surface area contributed by atoms with Gasteiger partial charge in [0, 0.05) is 44.5 Å². The van der Waals surface area contributed by atoms with E-state index in [1.165, 1.54) is 20.4 Å². The third-order valence-electron chi connectivity index (χ3n) is 3.99. The molecule has 0 atom stereocenters. The first-order valence-electron chi connectivity index (χ1n) is 7.76. The lowest BCUT2D eigenvalue weighted by molar-refractivity contribution is -0.128. The Morgan fingerprint density at radius 2 is 1.88 bits per heavy atom. The number of rotatable bonds is 5. The summed E-state index contributed by atoms with van der Waals surface area (Å²) in [6, 6.07) is 5.20. The van der Waals surface area contributed by atoms with Crippen LogP contribution < -0.4 is 14.8 Å². The number of halogens is 1. The van der Waals surface area contributed by atoms with Gasteiger partial charge in [-0.1, -0.05) is 11.6 Å². The van der Waals surface area contributed by atoms with E-state index < -0.39 is 0 Å². The van der Waals surface area contributed by atoms with Gasteiger partial charge < -0.3 is 24.6 Å². The van der Waals surface area contributed by atoms with Gasteiger partial charge in [0.25, 0.3) is 5.91 Å². The van der Waals surface area contributed by atoms with Crippen LogP contribution in [-0.2, 0) is 4.79 Å². The zero-order chi connectivity index (χ0) is 18.4. The number of likely N-dealkylation sites (N-methyl/N-ethyl adjacent to an activating group) is 1. The van der Waals surface area contributed by atoms with Crippen LogP contribution in [0.3, 0.4) is 0 Å². The van der Waals surface area contributed by atoms with Crippen molar-refractivity contribution in [3.8, 4) is 17.6 Å². The molecule has 0 aliphatic carbocycles. The number of nitriles is 1. The molecule has 1 aliphatic rings. The molecule has 2 rings (SSSR count). The molecule has 0 aromatic heterocycles. The zero-order valence-electron chi connectivity index (χ0n) is 14.5. The van der Waals surface area contributed by atoms with Crippen LogP contribution in [0.2, 0.25) is 5.02 Å². The average Bonchev–Trinajstić information content (AvgIpc) is 2.63. The number of methoxy groups -OCH3 is 2. The topological polar surface area (TPSA) is 77.8 Å². The number of nitrogens with one attached hydrogen (secondary N) is 1. The molecule has 1 aromatic rings. The summed E-state index contributed by atoms with van der Waals surface area (Å²) in [5, 5.41) is 12.7. The number of piperazine rings is 1. The summed E-state index contributed by atoms with van der Waals surface area (Å²) in [6.45, 7) is 2.79. The molecule has 134 valence electrons. The van der Waals surface area contributed by atoms with Crippen LogP contribution in [0.4, 0.5) is 5.69 Å². The molecule has 1 aliphatic heterocycles. The highest BCUT2D eigenvalue weighted by Gasteiger charge is 2.22. The lowest BCUT2D eigenvalue weighted by Crippen LogP contribution is -2.47. The van der Waals surface area contributed by atoms with Gasteiger partial charge in [0.2, 0.25) is 0 Å². The van der Waals surface area contributed by atoms with E-state index in [0.29, 0.717) is 35.3 Å². The molecule has 1 saturated heterocycles. The van der Waals surface area contributed by atoms with Gasteiger partial charge in [-0.25, -0.2) is 0 Å². The minimum Gasteiger partial charge on any atom is -0.495 e. The number of ether oxygens (including phenoxy) is 2. The molecule has 1 aromatic carbocycles. The second-order valence-electron chi connectivity index (χ2n) is 5.60. The minimum atomic E-state index is -0.289. The first-order chi connectivity index (χ1) is 12.0. The maximum Gasteiger partial charge on any atom is 0.266 e. The second kappa shape index (κ2) is 8.60. The van der Waals surface area contributed by atoms with Crippen molar-refractivity contribution in [2.45, 2.75) is 0 Å². The molecule has 1 fully saturated rings. The first kappa shape index (κ1) is 18.9. The van der Waals surface area contributed by atoms with E-state index in [9.17, 15) is 10.1 Å². The van der Waals surface area contributed by atoms with Crippen LogP contribution in [-0.4, -0.2) is 63.2 Å². The normalized spacial score (nSPS) is 15.5. The van der Waals surface area contributed by atoms with Gasteiger partial charge >= 0.3 is 0 Å². The van der Waals surface area contributed by atoms with E-state index in [-0.39, 0.29) is 11.5 Å². The van der Waals surface area contributed by atoms with Gasteiger partial charge in [0.15, 0.2) is 0 Å². The SMILES string of the molecule is COc1cc(N/C=C(/C#N)C(=O)N2CCN(C)CC2)c(OC)cc1Cl. The van der Waals surface area contributed by atoms with Crippen LogP contribution in [0.25, 0.3) is 0 Å². The van der Waals surface area contributed by atoms with Crippen molar-refractivity contribution in [1.82, 2.24) is 9.80 Å². The molecule has 1 heterocycles. The van der Waals surface area contributed by atoms with E-state index >= 15 is 0 Å². The molecule has 25 heavy (non-hydrogen) atoms. The minimum absolute atomic E-state index is 0.0283. The maximum atomic E-state index is 12.5. The molecule has 7 nitrogen and oxygen atoms in total. The van der Waals surface area contributed by atoms with E-state index in [4.69, 9.17) is 21.1 Å². The average molecular weight is 365 g/mol. The monoisotopic (exact) mass is 364 g/mol. The van der Waals surface area contributed by atoms with Crippen molar-refractivity contribution in [1.29, 1.82) is 5.26 Å². The number of nitrogens with zero attached hydrogens (tertiary/aromatic N) is 3. The van der Waals surface area contributed by atoms with Gasteiger partial charge in [0.1, 0.15) is 23.1 Å². The summed E-state index contributed by atoms with van der Waals surface area (Å²) in [4.78, 5) is 16.3. The molecule has 1 N–H and O–H groups in total. The van der Waals surface area contributed by atoms with Crippen molar-refractivity contribution >= 4 is 23.2 Å². The molecule has 0 unspecified atom stereocenters. The van der Waals surface area contributed by atoms with Crippen molar-refractivity contribution in [2.24, 2.45) is 0 Å².